The van der Waals surface area contributed by atoms with Crippen molar-refractivity contribution in [2.75, 3.05) is 0 Å². The first-order chi connectivity index (χ1) is 22.2. The molecule has 0 unspecified atom stereocenters. The highest BCUT2D eigenvalue weighted by Crippen LogP contribution is 2.29. The number of rotatable bonds is 15. The molecule has 234 valence electrons. The van der Waals surface area contributed by atoms with Gasteiger partial charge in [0, 0.05) is 50.7 Å². The van der Waals surface area contributed by atoms with Crippen LogP contribution < -0.4 is 0 Å². The van der Waals surface area contributed by atoms with Gasteiger partial charge in [-0.1, -0.05) is 41.6 Å². The molecule has 0 aliphatic rings. The van der Waals surface area contributed by atoms with Gasteiger partial charge in [0.1, 0.15) is 17.1 Å². The van der Waals surface area contributed by atoms with Crippen LogP contribution in [0.2, 0.25) is 5.82 Å². The normalized spacial score (nSPS) is 11.8. The molecule has 5 rings (SSSR count). The average molecular weight is 620 g/mol. The Labute approximate surface area is 265 Å². The summed E-state index contributed by atoms with van der Waals surface area (Å²) in [7, 11) is -1.83. The largest absolute Gasteiger partial charge is 0.507 e. The number of hydrogen-bond donors (Lipinski definition) is 4. The smallest absolute Gasteiger partial charge is 0.455 e. The van der Waals surface area contributed by atoms with Crippen molar-refractivity contribution in [1.29, 1.82) is 0 Å². The molecule has 1 atom stereocenters. The molecule has 3 heterocycles. The van der Waals surface area contributed by atoms with Crippen molar-refractivity contribution in [3.05, 3.63) is 131 Å². The van der Waals surface area contributed by atoms with Crippen molar-refractivity contribution in [3.63, 3.8) is 0 Å². The molecule has 5 aromatic rings. The molecule has 0 radical (unpaired) electrons. The number of phenols is 1. The first-order valence-electron chi connectivity index (χ1n) is 14.7. The zero-order chi connectivity index (χ0) is 32.5. The van der Waals surface area contributed by atoms with Crippen LogP contribution in [0.1, 0.15) is 45.0 Å². The molecule has 0 amide bonds. The van der Waals surface area contributed by atoms with E-state index in [1.165, 1.54) is 18.2 Å². The predicted octanol–water partition coefficient (Wildman–Crippen LogP) is 3.25. The quantitative estimate of drug-likeness (QED) is 0.127. The second kappa shape index (κ2) is 15.2. The Morgan fingerprint density at radius 2 is 1.48 bits per heavy atom. The maximum absolute atomic E-state index is 12.9. The number of carboxylic acid groups (broad SMARTS) is 1. The van der Waals surface area contributed by atoms with E-state index in [0.29, 0.717) is 19.6 Å². The number of para-hydroxylation sites is 1. The molecule has 0 bridgehead atoms. The number of hydrogen-bond acceptors (Lipinski definition) is 10. The molecule has 0 aliphatic heterocycles. The van der Waals surface area contributed by atoms with Gasteiger partial charge in [0.15, 0.2) is 0 Å². The lowest BCUT2D eigenvalue weighted by atomic mass is 9.66. The van der Waals surface area contributed by atoms with Crippen LogP contribution in [-0.2, 0) is 37.3 Å². The lowest BCUT2D eigenvalue weighted by Crippen LogP contribution is -2.25. The third-order valence-electron chi connectivity index (χ3n) is 7.50. The molecule has 46 heavy (non-hydrogen) atoms. The summed E-state index contributed by atoms with van der Waals surface area (Å²) in [6.45, 7) is 1.74. The minimum absolute atomic E-state index is 0.0588. The summed E-state index contributed by atoms with van der Waals surface area (Å²) in [5, 5.41) is 48.0. The third-order valence-corrected chi connectivity index (χ3v) is 7.50. The summed E-state index contributed by atoms with van der Waals surface area (Å²) in [5.41, 5.74) is 4.04. The minimum atomic E-state index is -1.83. The van der Waals surface area contributed by atoms with Gasteiger partial charge in [0.05, 0.1) is 29.0 Å². The fourth-order valence-electron chi connectivity index (χ4n) is 5.19. The maximum atomic E-state index is 12.9. The van der Waals surface area contributed by atoms with Crippen molar-refractivity contribution >= 4 is 18.9 Å². The number of aromatic nitrogens is 5. The zero-order valence-electron chi connectivity index (χ0n) is 24.9. The molecule has 12 nitrogen and oxygen atoms in total. The van der Waals surface area contributed by atoms with Gasteiger partial charge in [-0.15, -0.1) is 5.10 Å². The molecule has 0 spiro atoms. The van der Waals surface area contributed by atoms with Crippen molar-refractivity contribution in [2.45, 2.75) is 44.7 Å². The van der Waals surface area contributed by atoms with Crippen molar-refractivity contribution in [2.24, 2.45) is 0 Å². The second-order valence-electron chi connectivity index (χ2n) is 11.0. The Hall–Kier alpha value is -5.24. The van der Waals surface area contributed by atoms with Crippen LogP contribution in [0, 0.1) is 0 Å². The number of pyridine rings is 2. The van der Waals surface area contributed by atoms with Gasteiger partial charge in [0.25, 0.3) is 0 Å². The summed E-state index contributed by atoms with van der Waals surface area (Å²) in [6, 6.07) is 23.1. The van der Waals surface area contributed by atoms with Crippen LogP contribution in [0.15, 0.2) is 97.5 Å². The lowest BCUT2D eigenvalue weighted by Gasteiger charge is -2.20. The number of benzene rings is 2. The highest BCUT2D eigenvalue weighted by atomic mass is 16.4. The van der Waals surface area contributed by atoms with Gasteiger partial charge >= 0.3 is 13.1 Å². The number of aromatic hydroxyl groups is 1. The Balaban J connectivity index is 1.20. The Morgan fingerprint density at radius 3 is 2.07 bits per heavy atom. The number of carboxylic acids is 1. The summed E-state index contributed by atoms with van der Waals surface area (Å²) in [4.78, 5) is 35.3. The SMILES string of the molecule is O=C(Cc1ccc(-n2cc(CN(Cc3ccccn3)Cc3ccccn3)nn2)cc1)C[C@@H](Cc1cccc(C(=O)O)c1O)B(O)O. The van der Waals surface area contributed by atoms with Crippen LogP contribution in [0.3, 0.4) is 0 Å². The molecule has 0 aliphatic carbocycles. The van der Waals surface area contributed by atoms with E-state index >= 15 is 0 Å². The monoisotopic (exact) mass is 620 g/mol. The first-order valence-corrected chi connectivity index (χ1v) is 14.7. The number of carbonyl (C=O) groups excluding carboxylic acids is 1. The van der Waals surface area contributed by atoms with E-state index in [9.17, 15) is 29.9 Å². The van der Waals surface area contributed by atoms with Crippen molar-refractivity contribution in [1.82, 2.24) is 29.9 Å². The summed E-state index contributed by atoms with van der Waals surface area (Å²) >= 11 is 0. The van der Waals surface area contributed by atoms with Gasteiger partial charge in [-0.05, 0) is 60.0 Å². The first kappa shape index (κ1) is 32.2. The maximum Gasteiger partial charge on any atom is 0.455 e. The predicted molar refractivity (Wildman–Crippen MR) is 169 cm³/mol. The zero-order valence-corrected chi connectivity index (χ0v) is 24.9. The van der Waals surface area contributed by atoms with Crippen LogP contribution in [0.4, 0.5) is 0 Å². The minimum Gasteiger partial charge on any atom is -0.507 e. The average Bonchev–Trinajstić information content (AvgIpc) is 3.51. The van der Waals surface area contributed by atoms with E-state index in [2.05, 4.69) is 25.2 Å². The van der Waals surface area contributed by atoms with Crippen LogP contribution in [-0.4, -0.2) is 69.0 Å². The molecule has 0 saturated heterocycles. The van der Waals surface area contributed by atoms with E-state index in [-0.39, 0.29) is 36.2 Å². The van der Waals surface area contributed by atoms with E-state index in [1.54, 1.807) is 29.2 Å². The highest BCUT2D eigenvalue weighted by Gasteiger charge is 2.28. The molecule has 13 heteroatoms. The third kappa shape index (κ3) is 8.69. The van der Waals surface area contributed by atoms with Crippen LogP contribution in [0.5, 0.6) is 5.75 Å². The number of ketones is 1. The van der Waals surface area contributed by atoms with Gasteiger partial charge < -0.3 is 20.3 Å². The molecule has 4 N–H and O–H groups in total. The van der Waals surface area contributed by atoms with Crippen LogP contribution >= 0.6 is 0 Å². The fraction of sp³-hybridized carbons (Fsp3) is 0.212. The van der Waals surface area contributed by atoms with E-state index in [0.717, 1.165) is 28.3 Å². The van der Waals surface area contributed by atoms with Gasteiger partial charge in [-0.3, -0.25) is 19.7 Å². The highest BCUT2D eigenvalue weighted by molar-refractivity contribution is 6.43. The molecular weight excluding hydrogens is 587 g/mol. The fourth-order valence-corrected chi connectivity index (χ4v) is 5.19. The number of nitrogens with zero attached hydrogens (tertiary/aromatic N) is 6. The summed E-state index contributed by atoms with van der Waals surface area (Å²) < 4.78 is 1.66. The van der Waals surface area contributed by atoms with E-state index in [1.807, 2.05) is 54.7 Å². The van der Waals surface area contributed by atoms with Gasteiger partial charge in [-0.25, -0.2) is 9.48 Å². The molecular formula is C33H33BN6O6. The summed E-state index contributed by atoms with van der Waals surface area (Å²) in [6.07, 6.45) is 5.20. The lowest BCUT2D eigenvalue weighted by molar-refractivity contribution is -0.118. The van der Waals surface area contributed by atoms with Crippen molar-refractivity contribution in [3.8, 4) is 11.4 Å². The number of Topliss-reactive ketones (excluding diaryl/α,β-unsaturated/α-hetero) is 1. The Morgan fingerprint density at radius 1 is 0.826 bits per heavy atom. The summed E-state index contributed by atoms with van der Waals surface area (Å²) in [5.74, 6) is -2.91. The van der Waals surface area contributed by atoms with E-state index < -0.39 is 24.7 Å². The second-order valence-corrected chi connectivity index (χ2v) is 11.0. The molecule has 3 aromatic heterocycles. The molecule has 2 aromatic carbocycles. The number of aromatic carboxylic acids is 1. The van der Waals surface area contributed by atoms with E-state index in [4.69, 9.17) is 0 Å². The van der Waals surface area contributed by atoms with Gasteiger partial charge in [-0.2, -0.15) is 0 Å². The Kier molecular flexibility index (Phi) is 10.6. The standard InChI is InChI=1S/C33H33BN6O6/c41-30(18-25(34(45)46)17-24-6-5-9-31(32(24)42)33(43)44)16-23-10-12-29(13-11-23)40-22-28(37-38-40)21-39(19-26-7-1-3-14-35-26)20-27-8-2-4-15-36-27/h1-15,22,25,42,45-46H,16-21H2,(H,43,44)/t25-/m1/s1. The van der Waals surface area contributed by atoms with Gasteiger partial charge in [0.2, 0.25) is 0 Å². The Bertz CT molecular complexity index is 1710. The van der Waals surface area contributed by atoms with Crippen LogP contribution in [0.25, 0.3) is 5.69 Å². The van der Waals surface area contributed by atoms with Crippen molar-refractivity contribution < 1.29 is 29.9 Å². The molecule has 0 saturated carbocycles. The molecule has 0 fully saturated rings. The number of carbonyl (C=O) groups is 2. The topological polar surface area (TPSA) is 175 Å².